The number of aromatic nitrogens is 1. The number of para-hydroxylation sites is 1. The molecule has 1 amide bonds. The summed E-state index contributed by atoms with van der Waals surface area (Å²) in [5.74, 6) is 0.258. The lowest BCUT2D eigenvalue weighted by Gasteiger charge is -2.35. The number of fused-ring (bicyclic) bond motifs is 1. The molecule has 2 atom stereocenters. The van der Waals surface area contributed by atoms with E-state index >= 15 is 0 Å². The molecule has 0 aliphatic carbocycles. The van der Waals surface area contributed by atoms with E-state index in [1.165, 1.54) is 12.1 Å². The highest BCUT2D eigenvalue weighted by molar-refractivity contribution is 5.84. The standard InChI is InChI=1S/C28H22FN3O2/c29-22-12-10-21(11-13-22)28(34-23-14-8-19(18-30)9-15-23)27(32-17-3-7-25(32)33)24-6-1-4-20-5-2-16-31-26(20)24/h1-2,4-6,8-16,27-28H,3,7,17H2/t27-,28+/m0/s1. The highest BCUT2D eigenvalue weighted by Gasteiger charge is 2.38. The van der Waals surface area contributed by atoms with Gasteiger partial charge in [-0.2, -0.15) is 5.26 Å². The highest BCUT2D eigenvalue weighted by atomic mass is 19.1. The fourth-order valence-electron chi connectivity index (χ4n) is 4.55. The van der Waals surface area contributed by atoms with Gasteiger partial charge in [0.1, 0.15) is 23.7 Å². The number of nitrogens with zero attached hydrogens (tertiary/aromatic N) is 3. The summed E-state index contributed by atoms with van der Waals surface area (Å²) in [7, 11) is 0. The van der Waals surface area contributed by atoms with Crippen LogP contribution in [-0.2, 0) is 4.79 Å². The molecule has 168 valence electrons. The lowest BCUT2D eigenvalue weighted by Crippen LogP contribution is -2.36. The molecule has 0 bridgehead atoms. The Kier molecular flexibility index (Phi) is 5.92. The second-order valence-corrected chi connectivity index (χ2v) is 8.28. The first-order valence-electron chi connectivity index (χ1n) is 11.2. The number of pyridine rings is 1. The van der Waals surface area contributed by atoms with Crippen LogP contribution in [0.15, 0.2) is 85.1 Å². The van der Waals surface area contributed by atoms with Gasteiger partial charge in [0.15, 0.2) is 0 Å². The lowest BCUT2D eigenvalue weighted by molar-refractivity contribution is -0.131. The maximum absolute atomic E-state index is 13.8. The van der Waals surface area contributed by atoms with Gasteiger partial charge < -0.3 is 9.64 Å². The van der Waals surface area contributed by atoms with Crippen LogP contribution in [0.4, 0.5) is 4.39 Å². The molecule has 6 heteroatoms. The van der Waals surface area contributed by atoms with Crippen molar-refractivity contribution in [2.45, 2.75) is 25.0 Å². The van der Waals surface area contributed by atoms with Gasteiger partial charge in [-0.05, 0) is 54.4 Å². The van der Waals surface area contributed by atoms with E-state index in [1.54, 1.807) is 42.6 Å². The fourth-order valence-corrected chi connectivity index (χ4v) is 4.55. The van der Waals surface area contributed by atoms with Crippen molar-refractivity contribution < 1.29 is 13.9 Å². The molecule has 5 nitrogen and oxygen atoms in total. The molecular formula is C28H22FN3O2. The van der Waals surface area contributed by atoms with Gasteiger partial charge in [0, 0.05) is 30.1 Å². The summed E-state index contributed by atoms with van der Waals surface area (Å²) >= 11 is 0. The summed E-state index contributed by atoms with van der Waals surface area (Å²) < 4.78 is 20.3. The van der Waals surface area contributed by atoms with Crippen molar-refractivity contribution in [3.8, 4) is 11.8 Å². The molecular weight excluding hydrogens is 429 g/mol. The second-order valence-electron chi connectivity index (χ2n) is 8.28. The molecule has 0 unspecified atom stereocenters. The van der Waals surface area contributed by atoms with E-state index in [-0.39, 0.29) is 11.7 Å². The van der Waals surface area contributed by atoms with Crippen molar-refractivity contribution in [1.29, 1.82) is 5.26 Å². The van der Waals surface area contributed by atoms with Gasteiger partial charge in [0.05, 0.1) is 17.1 Å². The average Bonchev–Trinajstić information content (AvgIpc) is 3.30. The van der Waals surface area contributed by atoms with E-state index in [0.29, 0.717) is 24.3 Å². The molecule has 34 heavy (non-hydrogen) atoms. The Bertz CT molecular complexity index is 1360. The van der Waals surface area contributed by atoms with Gasteiger partial charge >= 0.3 is 0 Å². The van der Waals surface area contributed by atoms with Crippen molar-refractivity contribution in [3.05, 3.63) is 108 Å². The SMILES string of the molecule is N#Cc1ccc(O[C@H](c2ccc(F)cc2)[C@H](c2cccc3cccnc23)N2CCCC2=O)cc1. The number of halogens is 1. The first-order chi connectivity index (χ1) is 16.6. The molecule has 1 saturated heterocycles. The fraction of sp³-hybridized carbons (Fsp3) is 0.179. The third-order valence-electron chi connectivity index (χ3n) is 6.16. The monoisotopic (exact) mass is 451 g/mol. The van der Waals surface area contributed by atoms with Crippen LogP contribution < -0.4 is 4.74 Å². The summed E-state index contributed by atoms with van der Waals surface area (Å²) in [6, 6.07) is 24.4. The molecule has 0 N–H and O–H groups in total. The van der Waals surface area contributed by atoms with E-state index in [9.17, 15) is 9.18 Å². The number of rotatable bonds is 6. The van der Waals surface area contributed by atoms with Crippen molar-refractivity contribution in [2.24, 2.45) is 0 Å². The minimum atomic E-state index is -0.622. The number of carbonyl (C=O) groups excluding carboxylic acids is 1. The Morgan fingerprint density at radius 1 is 1.00 bits per heavy atom. The van der Waals surface area contributed by atoms with Crippen LogP contribution in [0.3, 0.4) is 0 Å². The quantitative estimate of drug-likeness (QED) is 0.376. The Balaban J connectivity index is 1.68. The molecule has 3 aromatic carbocycles. The Labute approximate surface area is 197 Å². The molecule has 0 radical (unpaired) electrons. The summed E-state index contributed by atoms with van der Waals surface area (Å²) in [5.41, 5.74) is 2.93. The van der Waals surface area contributed by atoms with Gasteiger partial charge in [0.25, 0.3) is 0 Å². The molecule has 4 aromatic rings. The number of carbonyl (C=O) groups is 1. The number of likely N-dealkylation sites (tertiary alicyclic amines) is 1. The molecule has 1 fully saturated rings. The number of ether oxygens (including phenoxy) is 1. The third-order valence-corrected chi connectivity index (χ3v) is 6.16. The van der Waals surface area contributed by atoms with Crippen LogP contribution in [0.2, 0.25) is 0 Å². The largest absolute Gasteiger partial charge is 0.483 e. The highest BCUT2D eigenvalue weighted by Crippen LogP contribution is 2.42. The van der Waals surface area contributed by atoms with Gasteiger partial charge in [-0.25, -0.2) is 4.39 Å². The van der Waals surface area contributed by atoms with Crippen LogP contribution in [0.1, 0.15) is 41.7 Å². The number of hydrogen-bond acceptors (Lipinski definition) is 4. The molecule has 1 aromatic heterocycles. The van der Waals surface area contributed by atoms with Crippen LogP contribution in [0.5, 0.6) is 5.75 Å². The zero-order valence-electron chi connectivity index (χ0n) is 18.4. The maximum Gasteiger partial charge on any atom is 0.223 e. The molecule has 5 rings (SSSR count). The first kappa shape index (κ1) is 21.6. The first-order valence-corrected chi connectivity index (χ1v) is 11.2. The zero-order chi connectivity index (χ0) is 23.5. The normalized spacial score (nSPS) is 15.2. The maximum atomic E-state index is 13.8. The third kappa shape index (κ3) is 4.20. The molecule has 2 heterocycles. The van der Waals surface area contributed by atoms with Crippen molar-refractivity contribution in [2.75, 3.05) is 6.54 Å². The summed E-state index contributed by atoms with van der Waals surface area (Å²) in [6.07, 6.45) is 2.36. The number of nitriles is 1. The Hall–Kier alpha value is -4.24. The predicted molar refractivity (Wildman–Crippen MR) is 126 cm³/mol. The van der Waals surface area contributed by atoms with E-state index < -0.39 is 12.1 Å². The number of benzene rings is 3. The predicted octanol–water partition coefficient (Wildman–Crippen LogP) is 5.73. The number of amides is 1. The molecule has 1 aliphatic heterocycles. The second kappa shape index (κ2) is 9.32. The topological polar surface area (TPSA) is 66.2 Å². The van der Waals surface area contributed by atoms with Crippen molar-refractivity contribution in [1.82, 2.24) is 9.88 Å². The average molecular weight is 452 g/mol. The molecule has 0 spiro atoms. The van der Waals surface area contributed by atoms with Crippen LogP contribution >= 0.6 is 0 Å². The van der Waals surface area contributed by atoms with Crippen LogP contribution in [0, 0.1) is 17.1 Å². The van der Waals surface area contributed by atoms with Crippen molar-refractivity contribution >= 4 is 16.8 Å². The van der Waals surface area contributed by atoms with Crippen molar-refractivity contribution in [3.63, 3.8) is 0 Å². The summed E-state index contributed by atoms with van der Waals surface area (Å²) in [5, 5.41) is 10.1. The van der Waals surface area contributed by atoms with E-state index in [4.69, 9.17) is 10.00 Å². The van der Waals surface area contributed by atoms with Gasteiger partial charge in [0.2, 0.25) is 5.91 Å². The van der Waals surface area contributed by atoms with Crippen LogP contribution in [0.25, 0.3) is 10.9 Å². The van der Waals surface area contributed by atoms with Gasteiger partial charge in [-0.1, -0.05) is 36.4 Å². The number of hydrogen-bond donors (Lipinski definition) is 0. The van der Waals surface area contributed by atoms with Gasteiger partial charge in [-0.3, -0.25) is 9.78 Å². The molecule has 1 aliphatic rings. The minimum Gasteiger partial charge on any atom is -0.483 e. The Morgan fingerprint density at radius 3 is 2.47 bits per heavy atom. The molecule has 0 saturated carbocycles. The summed E-state index contributed by atoms with van der Waals surface area (Å²) in [4.78, 5) is 19.5. The smallest absolute Gasteiger partial charge is 0.223 e. The summed E-state index contributed by atoms with van der Waals surface area (Å²) in [6.45, 7) is 0.598. The zero-order valence-corrected chi connectivity index (χ0v) is 18.4. The van der Waals surface area contributed by atoms with Gasteiger partial charge in [-0.15, -0.1) is 0 Å². The lowest BCUT2D eigenvalue weighted by atomic mass is 9.92. The van der Waals surface area contributed by atoms with Crippen LogP contribution in [-0.4, -0.2) is 22.3 Å². The van der Waals surface area contributed by atoms with E-state index in [0.717, 1.165) is 28.5 Å². The Morgan fingerprint density at radius 2 is 1.76 bits per heavy atom. The van der Waals surface area contributed by atoms with E-state index in [1.807, 2.05) is 35.2 Å². The minimum absolute atomic E-state index is 0.0495. The van der Waals surface area contributed by atoms with E-state index in [2.05, 4.69) is 11.1 Å².